The Morgan fingerprint density at radius 1 is 1.52 bits per heavy atom. The molecule has 21 heavy (non-hydrogen) atoms. The van der Waals surface area contributed by atoms with Crippen LogP contribution in [-0.2, 0) is 16.1 Å². The molecule has 1 saturated carbocycles. The molecule has 1 N–H and O–H groups in total. The quantitative estimate of drug-likeness (QED) is 0.807. The first-order valence-corrected chi connectivity index (χ1v) is 7.75. The predicted molar refractivity (Wildman–Crippen MR) is 79.9 cm³/mol. The van der Waals surface area contributed by atoms with E-state index in [0.717, 1.165) is 50.4 Å². The monoisotopic (exact) mass is 294 g/mol. The highest BCUT2D eigenvalue weighted by atomic mass is 16.5. The van der Waals surface area contributed by atoms with Gasteiger partial charge in [-0.05, 0) is 45.6 Å². The highest BCUT2D eigenvalue weighted by molar-refractivity contribution is 5.81. The Bertz CT molecular complexity index is 500. The highest BCUT2D eigenvalue weighted by Gasteiger charge is 2.48. The number of esters is 1. The van der Waals surface area contributed by atoms with Crippen LogP contribution in [0.15, 0.2) is 0 Å². The third-order valence-corrected chi connectivity index (χ3v) is 4.51. The number of hydrogen-bond acceptors (Lipinski definition) is 5. The lowest BCUT2D eigenvalue weighted by atomic mass is 9.84. The van der Waals surface area contributed by atoms with Gasteiger partial charge in [0.15, 0.2) is 0 Å². The molecule has 1 aliphatic rings. The molecule has 2 unspecified atom stereocenters. The van der Waals surface area contributed by atoms with E-state index >= 15 is 0 Å². The van der Waals surface area contributed by atoms with E-state index in [0.29, 0.717) is 0 Å². The van der Waals surface area contributed by atoms with Crippen LogP contribution in [0.3, 0.4) is 0 Å². The summed E-state index contributed by atoms with van der Waals surface area (Å²) in [6.45, 7) is 7.46. The zero-order valence-electron chi connectivity index (χ0n) is 13.5. The maximum absolute atomic E-state index is 12.3. The first-order valence-electron chi connectivity index (χ1n) is 7.75. The van der Waals surface area contributed by atoms with E-state index in [2.05, 4.69) is 15.4 Å². The number of carbonyl (C=O) groups is 1. The molecule has 1 aromatic heterocycles. The van der Waals surface area contributed by atoms with Gasteiger partial charge >= 0.3 is 5.97 Å². The summed E-state index contributed by atoms with van der Waals surface area (Å²) in [6.07, 6.45) is 3.87. The number of methoxy groups -OCH3 is 1. The lowest BCUT2D eigenvalue weighted by Gasteiger charge is -2.33. The number of nitrogens with one attached hydrogen (secondary N) is 1. The Hall–Kier alpha value is -1.43. The average Bonchev–Trinajstić information content (AvgIpc) is 3.00. The Balaban J connectivity index is 2.10. The largest absolute Gasteiger partial charge is 0.468 e. The Morgan fingerprint density at radius 2 is 2.29 bits per heavy atom. The molecule has 1 heterocycles. The third kappa shape index (κ3) is 3.10. The van der Waals surface area contributed by atoms with Gasteiger partial charge < -0.3 is 10.1 Å². The summed E-state index contributed by atoms with van der Waals surface area (Å²) < 4.78 is 7.00. The van der Waals surface area contributed by atoms with Crippen molar-refractivity contribution in [1.82, 2.24) is 20.1 Å². The van der Waals surface area contributed by atoms with Crippen LogP contribution in [0.5, 0.6) is 0 Å². The van der Waals surface area contributed by atoms with Crippen LogP contribution in [0, 0.1) is 19.8 Å². The second kappa shape index (κ2) is 6.56. The minimum atomic E-state index is -0.521. The second-order valence-corrected chi connectivity index (χ2v) is 5.80. The van der Waals surface area contributed by atoms with Crippen LogP contribution in [0.1, 0.15) is 44.3 Å². The maximum atomic E-state index is 12.3. The van der Waals surface area contributed by atoms with Gasteiger partial charge in [-0.3, -0.25) is 9.48 Å². The van der Waals surface area contributed by atoms with Crippen molar-refractivity contribution < 1.29 is 9.53 Å². The van der Waals surface area contributed by atoms with E-state index in [4.69, 9.17) is 4.74 Å². The molecule has 0 saturated heterocycles. The average molecular weight is 294 g/mol. The lowest BCUT2D eigenvalue weighted by molar-refractivity contribution is -0.150. The summed E-state index contributed by atoms with van der Waals surface area (Å²) in [5.74, 6) is 1.88. The molecule has 0 radical (unpaired) electrons. The molecule has 1 aromatic rings. The number of carbonyl (C=O) groups excluding carboxylic acids is 1. The van der Waals surface area contributed by atoms with Gasteiger partial charge in [0.1, 0.15) is 17.2 Å². The topological polar surface area (TPSA) is 69.0 Å². The van der Waals surface area contributed by atoms with Crippen LogP contribution in [0.2, 0.25) is 0 Å². The molecule has 0 spiro atoms. The van der Waals surface area contributed by atoms with E-state index < -0.39 is 5.54 Å². The predicted octanol–water partition coefficient (Wildman–Crippen LogP) is 1.61. The summed E-state index contributed by atoms with van der Waals surface area (Å²) in [5, 5.41) is 7.79. The maximum Gasteiger partial charge on any atom is 0.326 e. The minimum Gasteiger partial charge on any atom is -0.468 e. The van der Waals surface area contributed by atoms with Gasteiger partial charge in [0.05, 0.1) is 7.11 Å². The van der Waals surface area contributed by atoms with Crippen molar-refractivity contribution in [2.45, 2.75) is 58.5 Å². The number of likely N-dealkylation sites (N-methyl/N-ethyl adjacent to an activating group) is 1. The summed E-state index contributed by atoms with van der Waals surface area (Å²) in [6, 6.07) is 0. The fraction of sp³-hybridized carbons (Fsp3) is 0.800. The molecular weight excluding hydrogens is 268 g/mol. The SMILES string of the molecule is CCNC1(C(=O)OC)CCCC1CCn1nc(C)nc1C. The number of hydrogen-bond donors (Lipinski definition) is 1. The fourth-order valence-electron chi connectivity index (χ4n) is 3.59. The molecular formula is C15H26N4O2. The third-order valence-electron chi connectivity index (χ3n) is 4.51. The van der Waals surface area contributed by atoms with E-state index in [-0.39, 0.29) is 11.9 Å². The minimum absolute atomic E-state index is 0.127. The Kier molecular flexibility index (Phi) is 4.98. The molecule has 0 aliphatic heterocycles. The number of aromatic nitrogens is 3. The standard InChI is InChI=1S/C15H26N4O2/c1-5-16-15(14(20)21-4)9-6-7-13(15)8-10-19-12(3)17-11(2)18-19/h13,16H,5-10H2,1-4H3. The zero-order valence-corrected chi connectivity index (χ0v) is 13.5. The molecule has 2 atom stereocenters. The van der Waals surface area contributed by atoms with Crippen molar-refractivity contribution in [2.75, 3.05) is 13.7 Å². The van der Waals surface area contributed by atoms with E-state index in [1.165, 1.54) is 7.11 Å². The first-order chi connectivity index (χ1) is 10.0. The number of nitrogens with zero attached hydrogens (tertiary/aromatic N) is 3. The number of aryl methyl sites for hydroxylation is 3. The van der Waals surface area contributed by atoms with Crippen molar-refractivity contribution >= 4 is 5.97 Å². The summed E-state index contributed by atoms with van der Waals surface area (Å²) in [7, 11) is 1.47. The van der Waals surface area contributed by atoms with Crippen molar-refractivity contribution in [3.8, 4) is 0 Å². The van der Waals surface area contributed by atoms with Gasteiger partial charge in [0.2, 0.25) is 0 Å². The van der Waals surface area contributed by atoms with Gasteiger partial charge in [0, 0.05) is 6.54 Å². The summed E-state index contributed by atoms with van der Waals surface area (Å²) in [5.41, 5.74) is -0.521. The van der Waals surface area contributed by atoms with Gasteiger partial charge in [-0.2, -0.15) is 5.10 Å². The first kappa shape index (κ1) is 15.9. The molecule has 1 aliphatic carbocycles. The zero-order chi connectivity index (χ0) is 15.5. The molecule has 1 fully saturated rings. The second-order valence-electron chi connectivity index (χ2n) is 5.80. The summed E-state index contributed by atoms with van der Waals surface area (Å²) >= 11 is 0. The van der Waals surface area contributed by atoms with Crippen molar-refractivity contribution in [3.05, 3.63) is 11.6 Å². The van der Waals surface area contributed by atoms with Crippen molar-refractivity contribution in [2.24, 2.45) is 5.92 Å². The smallest absolute Gasteiger partial charge is 0.326 e. The van der Waals surface area contributed by atoms with Gasteiger partial charge in [-0.1, -0.05) is 13.3 Å². The molecule has 118 valence electrons. The number of ether oxygens (including phenoxy) is 1. The molecule has 0 amide bonds. The molecule has 6 heteroatoms. The molecule has 2 rings (SSSR count). The van der Waals surface area contributed by atoms with Crippen LogP contribution in [-0.4, -0.2) is 39.9 Å². The van der Waals surface area contributed by atoms with E-state index in [9.17, 15) is 4.79 Å². The van der Waals surface area contributed by atoms with Crippen molar-refractivity contribution in [1.29, 1.82) is 0 Å². The Morgan fingerprint density at radius 3 is 2.86 bits per heavy atom. The highest BCUT2D eigenvalue weighted by Crippen LogP contribution is 2.39. The normalized spacial score (nSPS) is 25.2. The Labute approximate surface area is 126 Å². The lowest BCUT2D eigenvalue weighted by Crippen LogP contribution is -2.55. The van der Waals surface area contributed by atoms with Gasteiger partial charge in [0.25, 0.3) is 0 Å². The molecule has 6 nitrogen and oxygen atoms in total. The number of rotatable bonds is 6. The summed E-state index contributed by atoms with van der Waals surface area (Å²) in [4.78, 5) is 16.6. The van der Waals surface area contributed by atoms with Crippen LogP contribution < -0.4 is 5.32 Å². The molecule has 0 aromatic carbocycles. The van der Waals surface area contributed by atoms with Crippen molar-refractivity contribution in [3.63, 3.8) is 0 Å². The van der Waals surface area contributed by atoms with Crippen LogP contribution >= 0.6 is 0 Å². The van der Waals surface area contributed by atoms with Crippen LogP contribution in [0.4, 0.5) is 0 Å². The molecule has 0 bridgehead atoms. The van der Waals surface area contributed by atoms with Gasteiger partial charge in [-0.25, -0.2) is 4.98 Å². The van der Waals surface area contributed by atoms with Crippen LogP contribution in [0.25, 0.3) is 0 Å². The van der Waals surface area contributed by atoms with Gasteiger partial charge in [-0.15, -0.1) is 0 Å². The van der Waals surface area contributed by atoms with E-state index in [1.54, 1.807) is 0 Å². The fourth-order valence-corrected chi connectivity index (χ4v) is 3.59. The van der Waals surface area contributed by atoms with E-state index in [1.807, 2.05) is 25.5 Å².